The van der Waals surface area contributed by atoms with Crippen molar-refractivity contribution in [3.8, 4) is 0 Å². The lowest BCUT2D eigenvalue weighted by atomic mass is 9.91. The Morgan fingerprint density at radius 3 is 2.67 bits per heavy atom. The highest BCUT2D eigenvalue weighted by molar-refractivity contribution is 5.66. The van der Waals surface area contributed by atoms with Crippen molar-refractivity contribution in [1.29, 1.82) is 0 Å². The van der Waals surface area contributed by atoms with Crippen molar-refractivity contribution in [2.45, 2.75) is 25.7 Å². The van der Waals surface area contributed by atoms with Crippen LogP contribution in [0, 0.1) is 6.92 Å². The third kappa shape index (κ3) is 3.36. The number of rotatable bonds is 5. The van der Waals surface area contributed by atoms with E-state index in [2.05, 4.69) is 0 Å². The molecule has 0 saturated heterocycles. The number of carbonyl (C=O) groups is 1. The molecule has 0 heterocycles. The molecule has 0 aliphatic heterocycles. The molecule has 0 amide bonds. The van der Waals surface area contributed by atoms with Gasteiger partial charge >= 0.3 is 5.97 Å². The average molecular weight is 207 g/mol. The number of carboxylic acids is 1. The first kappa shape index (κ1) is 11.7. The number of nitrogens with two attached hydrogens (primary N) is 1. The highest BCUT2D eigenvalue weighted by atomic mass is 16.4. The number of aryl methyl sites for hydroxylation is 1. The first-order chi connectivity index (χ1) is 7.15. The van der Waals surface area contributed by atoms with E-state index >= 15 is 0 Å². The number of aliphatic carboxylic acids is 1. The number of hydrogen-bond acceptors (Lipinski definition) is 2. The van der Waals surface area contributed by atoms with Crippen LogP contribution in [0.25, 0.3) is 0 Å². The summed E-state index contributed by atoms with van der Waals surface area (Å²) in [5, 5.41) is 8.63. The van der Waals surface area contributed by atoms with Crippen LogP contribution in [0.4, 0.5) is 0 Å². The van der Waals surface area contributed by atoms with Gasteiger partial charge in [0, 0.05) is 6.42 Å². The second-order valence-corrected chi connectivity index (χ2v) is 3.72. The Hall–Kier alpha value is -1.35. The maximum Gasteiger partial charge on any atom is 0.303 e. The van der Waals surface area contributed by atoms with E-state index < -0.39 is 5.97 Å². The van der Waals surface area contributed by atoms with Gasteiger partial charge in [0.1, 0.15) is 0 Å². The SMILES string of the molecule is Cc1ccccc1C(CN)CCC(=O)O. The van der Waals surface area contributed by atoms with Gasteiger partial charge in [-0.2, -0.15) is 0 Å². The van der Waals surface area contributed by atoms with Gasteiger partial charge in [-0.15, -0.1) is 0 Å². The second-order valence-electron chi connectivity index (χ2n) is 3.72. The Kier molecular flexibility index (Phi) is 4.31. The normalized spacial score (nSPS) is 12.4. The molecule has 1 aromatic carbocycles. The van der Waals surface area contributed by atoms with Crippen molar-refractivity contribution >= 4 is 5.97 Å². The van der Waals surface area contributed by atoms with Crippen molar-refractivity contribution in [2.75, 3.05) is 6.54 Å². The largest absolute Gasteiger partial charge is 0.481 e. The average Bonchev–Trinajstić information content (AvgIpc) is 2.21. The van der Waals surface area contributed by atoms with Crippen LogP contribution in [0.5, 0.6) is 0 Å². The Labute approximate surface area is 89.9 Å². The first-order valence-corrected chi connectivity index (χ1v) is 5.12. The minimum atomic E-state index is -0.762. The van der Waals surface area contributed by atoms with Gasteiger partial charge in [-0.05, 0) is 36.9 Å². The second kappa shape index (κ2) is 5.51. The highest BCUT2D eigenvalue weighted by Crippen LogP contribution is 2.23. The van der Waals surface area contributed by atoms with Gasteiger partial charge in [0.05, 0.1) is 0 Å². The zero-order valence-electron chi connectivity index (χ0n) is 8.94. The fraction of sp³-hybridized carbons (Fsp3) is 0.417. The van der Waals surface area contributed by atoms with Crippen molar-refractivity contribution in [2.24, 2.45) is 5.73 Å². The fourth-order valence-corrected chi connectivity index (χ4v) is 1.74. The maximum atomic E-state index is 10.5. The van der Waals surface area contributed by atoms with Gasteiger partial charge in [-0.25, -0.2) is 0 Å². The van der Waals surface area contributed by atoms with Crippen molar-refractivity contribution in [3.05, 3.63) is 35.4 Å². The van der Waals surface area contributed by atoms with Crippen molar-refractivity contribution < 1.29 is 9.90 Å². The molecule has 3 heteroatoms. The summed E-state index contributed by atoms with van der Waals surface area (Å²) >= 11 is 0. The van der Waals surface area contributed by atoms with Gasteiger partial charge in [0.15, 0.2) is 0 Å². The molecule has 0 bridgehead atoms. The van der Waals surface area contributed by atoms with Gasteiger partial charge in [0.25, 0.3) is 0 Å². The zero-order chi connectivity index (χ0) is 11.3. The molecule has 1 unspecified atom stereocenters. The molecule has 0 spiro atoms. The minimum absolute atomic E-state index is 0.155. The van der Waals surface area contributed by atoms with Crippen LogP contribution in [-0.2, 0) is 4.79 Å². The molecule has 0 fully saturated rings. The van der Waals surface area contributed by atoms with Crippen LogP contribution in [0.1, 0.15) is 29.9 Å². The van der Waals surface area contributed by atoms with E-state index in [1.54, 1.807) is 0 Å². The molecule has 0 aromatic heterocycles. The Bertz CT molecular complexity index is 336. The lowest BCUT2D eigenvalue weighted by molar-refractivity contribution is -0.137. The van der Waals surface area contributed by atoms with Crippen LogP contribution in [0.15, 0.2) is 24.3 Å². The highest BCUT2D eigenvalue weighted by Gasteiger charge is 2.13. The molecule has 0 aliphatic rings. The summed E-state index contributed by atoms with van der Waals surface area (Å²) in [7, 11) is 0. The summed E-state index contributed by atoms with van der Waals surface area (Å²) in [5.74, 6) is -0.607. The molecule has 15 heavy (non-hydrogen) atoms. The summed E-state index contributed by atoms with van der Waals surface area (Å²) in [6.07, 6.45) is 0.785. The van der Waals surface area contributed by atoms with Crippen molar-refractivity contribution in [3.63, 3.8) is 0 Å². The van der Waals surface area contributed by atoms with E-state index in [9.17, 15) is 4.79 Å². The lowest BCUT2D eigenvalue weighted by Gasteiger charge is -2.16. The van der Waals surface area contributed by atoms with Crippen LogP contribution in [0.3, 0.4) is 0 Å². The third-order valence-corrected chi connectivity index (χ3v) is 2.62. The van der Waals surface area contributed by atoms with E-state index in [1.165, 1.54) is 11.1 Å². The van der Waals surface area contributed by atoms with Gasteiger partial charge in [-0.1, -0.05) is 24.3 Å². The number of carboxylic acid groups (broad SMARTS) is 1. The molecule has 82 valence electrons. The fourth-order valence-electron chi connectivity index (χ4n) is 1.74. The van der Waals surface area contributed by atoms with Gasteiger partial charge in [0.2, 0.25) is 0 Å². The van der Waals surface area contributed by atoms with Gasteiger partial charge < -0.3 is 10.8 Å². The van der Waals surface area contributed by atoms with E-state index in [4.69, 9.17) is 10.8 Å². The summed E-state index contributed by atoms with van der Waals surface area (Å²) in [6.45, 7) is 2.52. The Morgan fingerprint density at radius 2 is 2.13 bits per heavy atom. The van der Waals surface area contributed by atoms with Crippen LogP contribution < -0.4 is 5.73 Å². The molecule has 1 rings (SSSR count). The molecule has 3 N–H and O–H groups in total. The smallest absolute Gasteiger partial charge is 0.303 e. The molecule has 3 nitrogen and oxygen atoms in total. The molecular weight excluding hydrogens is 190 g/mol. The zero-order valence-corrected chi connectivity index (χ0v) is 8.94. The quantitative estimate of drug-likeness (QED) is 0.775. The first-order valence-electron chi connectivity index (χ1n) is 5.12. The molecule has 1 aromatic rings. The predicted molar refractivity (Wildman–Crippen MR) is 59.8 cm³/mol. The standard InChI is InChI=1S/C12H17NO2/c1-9-4-2-3-5-11(9)10(8-13)6-7-12(14)15/h2-5,10H,6-8,13H2,1H3,(H,14,15). The van der Waals surface area contributed by atoms with Crippen LogP contribution in [0.2, 0.25) is 0 Å². The lowest BCUT2D eigenvalue weighted by Crippen LogP contribution is -2.15. The van der Waals surface area contributed by atoms with Crippen molar-refractivity contribution in [1.82, 2.24) is 0 Å². The molecule has 0 saturated carbocycles. The third-order valence-electron chi connectivity index (χ3n) is 2.62. The molecule has 0 aliphatic carbocycles. The van der Waals surface area contributed by atoms with E-state index in [-0.39, 0.29) is 12.3 Å². The summed E-state index contributed by atoms with van der Waals surface area (Å²) in [6, 6.07) is 7.99. The Morgan fingerprint density at radius 1 is 1.47 bits per heavy atom. The minimum Gasteiger partial charge on any atom is -0.481 e. The number of benzene rings is 1. The summed E-state index contributed by atoms with van der Waals surface area (Å²) < 4.78 is 0. The topological polar surface area (TPSA) is 63.3 Å². The maximum absolute atomic E-state index is 10.5. The molecule has 1 atom stereocenters. The van der Waals surface area contributed by atoms with Crippen LogP contribution >= 0.6 is 0 Å². The predicted octanol–water partition coefficient (Wildman–Crippen LogP) is 1.90. The molecule has 0 radical (unpaired) electrons. The van der Waals surface area contributed by atoms with E-state index in [0.29, 0.717) is 13.0 Å². The Balaban J connectivity index is 2.74. The summed E-state index contributed by atoms with van der Waals surface area (Å²) in [4.78, 5) is 10.5. The number of hydrogen-bond donors (Lipinski definition) is 2. The monoisotopic (exact) mass is 207 g/mol. The van der Waals surface area contributed by atoms with Gasteiger partial charge in [-0.3, -0.25) is 4.79 Å². The van der Waals surface area contributed by atoms with Crippen LogP contribution in [-0.4, -0.2) is 17.6 Å². The van der Waals surface area contributed by atoms with E-state index in [0.717, 1.165) is 0 Å². The summed E-state index contributed by atoms with van der Waals surface area (Å²) in [5.41, 5.74) is 8.01. The molecular formula is C12H17NO2. The van der Waals surface area contributed by atoms with E-state index in [1.807, 2.05) is 31.2 Å².